The summed E-state index contributed by atoms with van der Waals surface area (Å²) in [6, 6.07) is 1.46. The second kappa shape index (κ2) is 10.2. The van der Waals surface area contributed by atoms with Crippen molar-refractivity contribution < 1.29 is 69.4 Å². The van der Waals surface area contributed by atoms with Gasteiger partial charge in [0.05, 0.1) is 5.25 Å². The van der Waals surface area contributed by atoms with E-state index in [0.717, 1.165) is 55.3 Å². The van der Waals surface area contributed by atoms with Crippen molar-refractivity contribution in [2.75, 3.05) is 18.4 Å². The summed E-state index contributed by atoms with van der Waals surface area (Å²) in [5, 5.41) is 2.11. The molecule has 0 atom stereocenters. The summed E-state index contributed by atoms with van der Waals surface area (Å²) in [4.78, 5) is 26.4. The van der Waals surface area contributed by atoms with Crippen molar-refractivity contribution in [1.82, 2.24) is 4.90 Å². The number of likely N-dealkylation sites (tertiary alicyclic amines) is 1. The zero-order chi connectivity index (χ0) is 21.5. The fraction of sp³-hybridized carbons (Fsp3) is 0.636. The van der Waals surface area contributed by atoms with Gasteiger partial charge in [-0.2, -0.15) is 0 Å². The quantitative estimate of drug-likeness (QED) is 0.649. The third kappa shape index (κ3) is 5.38. The molecule has 7 nitrogen and oxygen atoms in total. The fourth-order valence-corrected chi connectivity index (χ4v) is 6.26. The maximum atomic E-state index is 12.7. The number of hydrogen-bond donors (Lipinski definition) is 1. The van der Waals surface area contributed by atoms with Crippen LogP contribution in [0.1, 0.15) is 61.8 Å². The number of sulfonamides is 1. The Morgan fingerprint density at radius 2 is 1.58 bits per heavy atom. The standard InChI is InChI=1S/C22H31N3O4S.K/c1-14(2)21(26)25-11-9-17(10-12-25)30(28,29)24-22(27)23-20-18-7-3-5-15(18)13-16-6-4-8-19(16)20;/h13-14,17H,3-12H2,1-2H3,(H2,23,24,27);/q;+1/p-1. The van der Waals surface area contributed by atoms with Crippen LogP contribution in [0.5, 0.6) is 0 Å². The summed E-state index contributed by atoms with van der Waals surface area (Å²) in [7, 11) is -3.93. The Hall–Kier alpha value is -0.454. The van der Waals surface area contributed by atoms with Crippen LogP contribution in [0.3, 0.4) is 0 Å². The predicted molar refractivity (Wildman–Crippen MR) is 116 cm³/mol. The Kier molecular flexibility index (Phi) is 8.30. The van der Waals surface area contributed by atoms with Crippen LogP contribution >= 0.6 is 0 Å². The number of hydrogen-bond acceptors (Lipinski definition) is 4. The number of fused-ring (bicyclic) bond motifs is 2. The second-order valence-electron chi connectivity index (χ2n) is 8.95. The van der Waals surface area contributed by atoms with Crippen LogP contribution in [-0.2, 0) is 40.5 Å². The van der Waals surface area contributed by atoms with E-state index in [1.54, 1.807) is 4.90 Å². The van der Waals surface area contributed by atoms with Gasteiger partial charge in [-0.3, -0.25) is 9.59 Å². The summed E-state index contributed by atoms with van der Waals surface area (Å²) in [6.45, 7) is 4.44. The van der Waals surface area contributed by atoms with Gasteiger partial charge in [0.15, 0.2) is 16.1 Å². The van der Waals surface area contributed by atoms with E-state index in [-0.39, 0.29) is 63.2 Å². The largest absolute Gasteiger partial charge is 1.00 e. The van der Waals surface area contributed by atoms with E-state index in [0.29, 0.717) is 25.9 Å². The number of amides is 3. The Labute approximate surface area is 227 Å². The number of piperidine rings is 1. The van der Waals surface area contributed by atoms with Crippen LogP contribution in [0.4, 0.5) is 10.5 Å². The molecule has 1 aromatic rings. The van der Waals surface area contributed by atoms with Crippen LogP contribution in [0.25, 0.3) is 4.72 Å². The van der Waals surface area contributed by atoms with Gasteiger partial charge in [-0.15, -0.1) is 0 Å². The van der Waals surface area contributed by atoms with E-state index in [1.165, 1.54) is 11.1 Å². The van der Waals surface area contributed by atoms with Gasteiger partial charge in [-0.05, 0) is 79.3 Å². The van der Waals surface area contributed by atoms with E-state index in [4.69, 9.17) is 0 Å². The van der Waals surface area contributed by atoms with Crippen LogP contribution in [0.2, 0.25) is 0 Å². The third-order valence-electron chi connectivity index (χ3n) is 6.58. The molecule has 0 bridgehead atoms. The first-order chi connectivity index (χ1) is 14.3. The van der Waals surface area contributed by atoms with Crippen molar-refractivity contribution in [3.05, 3.63) is 33.0 Å². The monoisotopic (exact) mass is 471 g/mol. The molecule has 2 aliphatic carbocycles. The SMILES string of the molecule is CC(C)C(=O)N1CCC(S(=O)(=O)[N-]C(=O)Nc2c3c(cc4c2CCC4)CCC3)CC1.[K+]. The van der Waals surface area contributed by atoms with Crippen molar-refractivity contribution >= 4 is 27.6 Å². The number of benzene rings is 1. The molecule has 0 radical (unpaired) electrons. The number of nitrogens with zero attached hydrogens (tertiary/aromatic N) is 2. The molecule has 31 heavy (non-hydrogen) atoms. The Morgan fingerprint density at radius 1 is 1.03 bits per heavy atom. The third-order valence-corrected chi connectivity index (χ3v) is 8.32. The van der Waals surface area contributed by atoms with Crippen molar-refractivity contribution in [3.63, 3.8) is 0 Å². The number of urea groups is 1. The maximum Gasteiger partial charge on any atom is 1.00 e. The minimum atomic E-state index is -3.93. The normalized spacial score (nSPS) is 18.4. The van der Waals surface area contributed by atoms with Crippen molar-refractivity contribution in [1.29, 1.82) is 0 Å². The number of carbonyl (C=O) groups excluding carboxylic acids is 2. The van der Waals surface area contributed by atoms with Gasteiger partial charge >= 0.3 is 51.4 Å². The van der Waals surface area contributed by atoms with Gasteiger partial charge < -0.3 is 14.9 Å². The van der Waals surface area contributed by atoms with E-state index in [9.17, 15) is 18.0 Å². The van der Waals surface area contributed by atoms with Crippen molar-refractivity contribution in [2.24, 2.45) is 5.92 Å². The molecule has 1 aromatic carbocycles. The van der Waals surface area contributed by atoms with Crippen LogP contribution in [0.15, 0.2) is 6.07 Å². The van der Waals surface area contributed by atoms with Gasteiger partial charge in [0.2, 0.25) is 5.91 Å². The van der Waals surface area contributed by atoms with Gasteiger partial charge in [0.25, 0.3) is 0 Å². The molecule has 1 aliphatic heterocycles. The molecule has 1 N–H and O–H groups in total. The molecule has 164 valence electrons. The number of nitrogens with one attached hydrogen (secondary N) is 1. The second-order valence-corrected chi connectivity index (χ2v) is 10.8. The van der Waals surface area contributed by atoms with E-state index >= 15 is 0 Å². The predicted octanol–water partition coefficient (Wildman–Crippen LogP) is 0.550. The first kappa shape index (κ1) is 25.2. The number of carbonyl (C=O) groups is 2. The van der Waals surface area contributed by atoms with E-state index in [2.05, 4.69) is 16.1 Å². The van der Waals surface area contributed by atoms with Crippen LogP contribution in [-0.4, -0.2) is 43.6 Å². The Morgan fingerprint density at radius 3 is 2.10 bits per heavy atom. The molecule has 0 aromatic heterocycles. The molecule has 1 fully saturated rings. The van der Waals surface area contributed by atoms with Gasteiger partial charge in [0, 0.05) is 19.0 Å². The van der Waals surface area contributed by atoms with Crippen LogP contribution < -0.4 is 56.7 Å². The minimum absolute atomic E-state index is 0. The number of rotatable bonds is 4. The maximum absolute atomic E-state index is 12.7. The molecule has 0 saturated carbocycles. The van der Waals surface area contributed by atoms with E-state index < -0.39 is 21.3 Å². The van der Waals surface area contributed by atoms with Gasteiger partial charge in [0.1, 0.15) is 0 Å². The molecule has 0 spiro atoms. The topological polar surface area (TPSA) is 97.7 Å². The van der Waals surface area contributed by atoms with Crippen molar-refractivity contribution in [2.45, 2.75) is 70.5 Å². The number of anilines is 1. The summed E-state index contributed by atoms with van der Waals surface area (Å²) < 4.78 is 29.1. The minimum Gasteiger partial charge on any atom is -0.423 e. The molecule has 0 unspecified atom stereocenters. The number of aryl methyl sites for hydroxylation is 2. The summed E-state index contributed by atoms with van der Waals surface area (Å²) in [6.07, 6.45) is 6.58. The van der Waals surface area contributed by atoms with Crippen molar-refractivity contribution in [3.8, 4) is 0 Å². The average molecular weight is 472 g/mol. The molecule has 4 rings (SSSR count). The molecule has 3 amide bonds. The molecule has 3 aliphatic rings. The zero-order valence-corrected chi connectivity index (χ0v) is 22.7. The molecule has 9 heteroatoms. The Bertz CT molecular complexity index is 937. The summed E-state index contributed by atoms with van der Waals surface area (Å²) in [5.74, 6) is -0.0738. The smallest absolute Gasteiger partial charge is 0.423 e. The van der Waals surface area contributed by atoms with E-state index in [1.807, 2.05) is 13.8 Å². The van der Waals surface area contributed by atoms with Gasteiger partial charge in [-0.25, -0.2) is 8.42 Å². The molecule has 1 heterocycles. The summed E-state index contributed by atoms with van der Waals surface area (Å²) in [5.41, 5.74) is 5.65. The first-order valence-electron chi connectivity index (χ1n) is 11.0. The van der Waals surface area contributed by atoms with Gasteiger partial charge in [-0.1, -0.05) is 19.9 Å². The molecular formula is C22H30KN3O4S. The Balaban J connectivity index is 0.00000272. The zero-order valence-electron chi connectivity index (χ0n) is 18.7. The first-order valence-corrected chi connectivity index (χ1v) is 12.5. The van der Waals surface area contributed by atoms with Crippen LogP contribution in [0, 0.1) is 5.92 Å². The average Bonchev–Trinajstić information content (AvgIpc) is 3.36. The molecular weight excluding hydrogens is 441 g/mol. The fourth-order valence-electron chi connectivity index (χ4n) is 5.03. The molecule has 1 saturated heterocycles. The summed E-state index contributed by atoms with van der Waals surface area (Å²) >= 11 is 0.